The Hall–Kier alpha value is -1.07. The van der Waals surface area contributed by atoms with E-state index >= 15 is 0 Å². The first kappa shape index (κ1) is 14.0. The van der Waals surface area contributed by atoms with Crippen LogP contribution in [-0.2, 0) is 4.79 Å². The van der Waals surface area contributed by atoms with E-state index in [4.69, 9.17) is 10.5 Å². The molecule has 0 heterocycles. The number of ether oxygens (including phenoxy) is 1. The number of hydrogen-bond donors (Lipinski definition) is 2. The Bertz CT molecular complexity index is 407. The minimum absolute atomic E-state index is 0.0909. The molecule has 0 spiro atoms. The van der Waals surface area contributed by atoms with Crippen molar-refractivity contribution >= 4 is 27.5 Å². The van der Waals surface area contributed by atoms with Gasteiger partial charge in [-0.25, -0.2) is 0 Å². The first-order chi connectivity index (χ1) is 7.95. The van der Waals surface area contributed by atoms with Crippen molar-refractivity contribution in [2.45, 2.75) is 19.9 Å². The molecule has 0 radical (unpaired) electrons. The first-order valence-corrected chi connectivity index (χ1v) is 6.15. The van der Waals surface area contributed by atoms with E-state index in [0.717, 1.165) is 4.47 Å². The number of carbonyl (C=O) groups excluding carboxylic acids is 1. The van der Waals surface area contributed by atoms with Gasteiger partial charge in [-0.2, -0.15) is 0 Å². The van der Waals surface area contributed by atoms with Crippen molar-refractivity contribution in [3.8, 4) is 5.75 Å². The van der Waals surface area contributed by atoms with E-state index in [1.54, 1.807) is 19.2 Å². The van der Waals surface area contributed by atoms with Crippen LogP contribution in [0, 0.1) is 5.92 Å². The molecule has 0 unspecified atom stereocenters. The van der Waals surface area contributed by atoms with Gasteiger partial charge in [-0.15, -0.1) is 0 Å². The van der Waals surface area contributed by atoms with Crippen LogP contribution in [0.2, 0.25) is 0 Å². The van der Waals surface area contributed by atoms with Crippen molar-refractivity contribution in [3.05, 3.63) is 22.7 Å². The largest absolute Gasteiger partial charge is 0.495 e. The zero-order valence-electron chi connectivity index (χ0n) is 10.2. The van der Waals surface area contributed by atoms with E-state index in [9.17, 15) is 4.79 Å². The van der Waals surface area contributed by atoms with Crippen molar-refractivity contribution in [1.29, 1.82) is 0 Å². The summed E-state index contributed by atoms with van der Waals surface area (Å²) in [6.45, 7) is 3.81. The van der Waals surface area contributed by atoms with Gasteiger partial charge in [0.25, 0.3) is 0 Å². The predicted octanol–water partition coefficient (Wildman–Crippen LogP) is 2.38. The second-order valence-electron chi connectivity index (χ2n) is 4.10. The smallest absolute Gasteiger partial charge is 0.241 e. The lowest BCUT2D eigenvalue weighted by molar-refractivity contribution is -0.118. The molecule has 5 heteroatoms. The summed E-state index contributed by atoms with van der Waals surface area (Å²) in [5, 5.41) is 2.76. The summed E-state index contributed by atoms with van der Waals surface area (Å²) >= 11 is 3.34. The van der Waals surface area contributed by atoms with Gasteiger partial charge in [0, 0.05) is 4.47 Å². The molecular weight excluding hydrogens is 284 g/mol. The Morgan fingerprint density at radius 1 is 1.47 bits per heavy atom. The Kier molecular flexibility index (Phi) is 4.96. The maximum atomic E-state index is 11.8. The molecule has 0 aliphatic heterocycles. The third-order valence-corrected chi connectivity index (χ3v) is 2.93. The molecule has 0 fully saturated rings. The van der Waals surface area contributed by atoms with Crippen LogP contribution in [0.4, 0.5) is 5.69 Å². The maximum absolute atomic E-state index is 11.8. The molecule has 0 aliphatic rings. The monoisotopic (exact) mass is 300 g/mol. The summed E-state index contributed by atoms with van der Waals surface area (Å²) < 4.78 is 6.03. The normalized spacial score (nSPS) is 12.4. The van der Waals surface area contributed by atoms with Crippen LogP contribution < -0.4 is 15.8 Å². The second-order valence-corrected chi connectivity index (χ2v) is 5.02. The Balaban J connectivity index is 2.87. The number of hydrogen-bond acceptors (Lipinski definition) is 3. The third-order valence-electron chi connectivity index (χ3n) is 2.44. The van der Waals surface area contributed by atoms with Gasteiger partial charge in [0.2, 0.25) is 5.91 Å². The lowest BCUT2D eigenvalue weighted by Gasteiger charge is -2.17. The van der Waals surface area contributed by atoms with Crippen LogP contribution in [-0.4, -0.2) is 19.1 Å². The fraction of sp³-hybridized carbons (Fsp3) is 0.417. The highest BCUT2D eigenvalue weighted by Crippen LogP contribution is 2.28. The molecule has 0 aromatic heterocycles. The number of amides is 1. The second kappa shape index (κ2) is 6.02. The van der Waals surface area contributed by atoms with Crippen LogP contribution in [0.5, 0.6) is 5.75 Å². The summed E-state index contributed by atoms with van der Waals surface area (Å²) in [6, 6.07) is 4.88. The number of methoxy groups -OCH3 is 1. The van der Waals surface area contributed by atoms with Crippen molar-refractivity contribution in [2.75, 3.05) is 12.4 Å². The summed E-state index contributed by atoms with van der Waals surface area (Å²) in [6.07, 6.45) is 0. The molecule has 1 atom stereocenters. The van der Waals surface area contributed by atoms with Crippen LogP contribution in [0.25, 0.3) is 0 Å². The number of nitrogens with one attached hydrogen (secondary N) is 1. The van der Waals surface area contributed by atoms with Gasteiger partial charge in [0.05, 0.1) is 18.8 Å². The molecule has 3 N–H and O–H groups in total. The molecule has 0 saturated heterocycles. The SMILES string of the molecule is COc1ccc(Br)cc1NC(=O)[C@@H](N)C(C)C. The zero-order chi connectivity index (χ0) is 13.0. The van der Waals surface area contributed by atoms with Crippen LogP contribution in [0.3, 0.4) is 0 Å². The number of nitrogens with two attached hydrogens (primary N) is 1. The van der Waals surface area contributed by atoms with Gasteiger partial charge in [0.1, 0.15) is 5.75 Å². The maximum Gasteiger partial charge on any atom is 0.241 e. The molecule has 1 amide bonds. The third kappa shape index (κ3) is 3.71. The molecule has 4 nitrogen and oxygen atoms in total. The summed E-state index contributed by atoms with van der Waals surface area (Å²) in [5.41, 5.74) is 6.39. The average molecular weight is 301 g/mol. The van der Waals surface area contributed by atoms with Gasteiger partial charge in [0.15, 0.2) is 0 Å². The fourth-order valence-electron chi connectivity index (χ4n) is 1.30. The molecule has 1 rings (SSSR count). The first-order valence-electron chi connectivity index (χ1n) is 5.35. The van der Waals surface area contributed by atoms with E-state index in [1.807, 2.05) is 19.9 Å². The highest BCUT2D eigenvalue weighted by molar-refractivity contribution is 9.10. The number of benzene rings is 1. The highest BCUT2D eigenvalue weighted by atomic mass is 79.9. The number of anilines is 1. The number of rotatable bonds is 4. The molecule has 0 bridgehead atoms. The number of halogens is 1. The number of carbonyl (C=O) groups is 1. The summed E-state index contributed by atoms with van der Waals surface area (Å²) in [4.78, 5) is 11.8. The van der Waals surface area contributed by atoms with E-state index < -0.39 is 6.04 Å². The topological polar surface area (TPSA) is 64.3 Å². The lowest BCUT2D eigenvalue weighted by atomic mass is 10.0. The summed E-state index contributed by atoms with van der Waals surface area (Å²) in [5.74, 6) is 0.488. The van der Waals surface area contributed by atoms with Crippen LogP contribution in [0.15, 0.2) is 22.7 Å². The van der Waals surface area contributed by atoms with Gasteiger partial charge < -0.3 is 15.8 Å². The highest BCUT2D eigenvalue weighted by Gasteiger charge is 2.18. The molecular formula is C12H17BrN2O2. The minimum Gasteiger partial charge on any atom is -0.495 e. The lowest BCUT2D eigenvalue weighted by Crippen LogP contribution is -2.39. The summed E-state index contributed by atoms with van der Waals surface area (Å²) in [7, 11) is 1.56. The van der Waals surface area contributed by atoms with Crippen molar-refractivity contribution < 1.29 is 9.53 Å². The molecule has 17 heavy (non-hydrogen) atoms. The van der Waals surface area contributed by atoms with Gasteiger partial charge >= 0.3 is 0 Å². The van der Waals surface area contributed by atoms with Crippen LogP contribution >= 0.6 is 15.9 Å². The minimum atomic E-state index is -0.529. The Labute approximate surface area is 110 Å². The van der Waals surface area contributed by atoms with Crippen molar-refractivity contribution in [2.24, 2.45) is 11.7 Å². The van der Waals surface area contributed by atoms with E-state index in [0.29, 0.717) is 11.4 Å². The molecule has 0 aliphatic carbocycles. The molecule has 94 valence electrons. The van der Waals surface area contributed by atoms with Gasteiger partial charge in [-0.05, 0) is 24.1 Å². The van der Waals surface area contributed by atoms with Gasteiger partial charge in [-0.1, -0.05) is 29.8 Å². The standard InChI is InChI=1S/C12H17BrN2O2/c1-7(2)11(14)12(16)15-9-6-8(13)4-5-10(9)17-3/h4-7,11H,14H2,1-3H3,(H,15,16)/t11-/m0/s1. The van der Waals surface area contributed by atoms with E-state index in [1.165, 1.54) is 0 Å². The van der Waals surface area contributed by atoms with Gasteiger partial charge in [-0.3, -0.25) is 4.79 Å². The quantitative estimate of drug-likeness (QED) is 0.897. The average Bonchev–Trinajstić information content (AvgIpc) is 2.28. The predicted molar refractivity (Wildman–Crippen MR) is 72.1 cm³/mol. The molecule has 1 aromatic rings. The van der Waals surface area contributed by atoms with E-state index in [2.05, 4.69) is 21.2 Å². The Morgan fingerprint density at radius 3 is 2.65 bits per heavy atom. The zero-order valence-corrected chi connectivity index (χ0v) is 11.7. The Morgan fingerprint density at radius 2 is 2.12 bits per heavy atom. The van der Waals surface area contributed by atoms with Crippen LogP contribution in [0.1, 0.15) is 13.8 Å². The fourth-order valence-corrected chi connectivity index (χ4v) is 1.66. The van der Waals surface area contributed by atoms with Crippen molar-refractivity contribution in [1.82, 2.24) is 0 Å². The molecule has 1 aromatic carbocycles. The molecule has 0 saturated carbocycles. The van der Waals surface area contributed by atoms with Crippen molar-refractivity contribution in [3.63, 3.8) is 0 Å². The van der Waals surface area contributed by atoms with E-state index in [-0.39, 0.29) is 11.8 Å².